The maximum absolute atomic E-state index is 12.9. The zero-order valence-corrected chi connectivity index (χ0v) is 10.6. The van der Waals surface area contributed by atoms with Crippen molar-refractivity contribution in [3.8, 4) is 0 Å². The van der Waals surface area contributed by atoms with Crippen molar-refractivity contribution in [3.63, 3.8) is 0 Å². The number of rotatable bonds is 4. The van der Waals surface area contributed by atoms with Crippen LogP contribution in [0, 0.1) is 5.82 Å². The second kappa shape index (κ2) is 5.78. The molecule has 1 aromatic rings. The van der Waals surface area contributed by atoms with Crippen molar-refractivity contribution in [1.29, 1.82) is 0 Å². The highest BCUT2D eigenvalue weighted by atomic mass is 19.4. The van der Waals surface area contributed by atoms with E-state index in [-0.39, 0.29) is 25.4 Å². The highest BCUT2D eigenvalue weighted by Crippen LogP contribution is 2.26. The molecule has 1 aliphatic rings. The molecule has 1 fully saturated rings. The Hall–Kier alpha value is -1.63. The SMILES string of the molecule is O=C1CNC(c2ccc(F)cc2)N1CCCC(F)(F)F. The van der Waals surface area contributed by atoms with E-state index < -0.39 is 24.6 Å². The van der Waals surface area contributed by atoms with Crippen LogP contribution in [0.15, 0.2) is 24.3 Å². The molecule has 1 aromatic carbocycles. The van der Waals surface area contributed by atoms with E-state index in [0.29, 0.717) is 5.56 Å². The lowest BCUT2D eigenvalue weighted by atomic mass is 10.1. The maximum atomic E-state index is 12.9. The summed E-state index contributed by atoms with van der Waals surface area (Å²) < 4.78 is 49.2. The van der Waals surface area contributed by atoms with Gasteiger partial charge in [0.25, 0.3) is 0 Å². The molecule has 0 bridgehead atoms. The Morgan fingerprint density at radius 3 is 2.50 bits per heavy atom. The van der Waals surface area contributed by atoms with Crippen molar-refractivity contribution in [2.24, 2.45) is 0 Å². The Kier molecular flexibility index (Phi) is 4.27. The van der Waals surface area contributed by atoms with E-state index in [2.05, 4.69) is 5.32 Å². The van der Waals surface area contributed by atoms with Crippen LogP contribution in [-0.2, 0) is 4.79 Å². The molecule has 1 N–H and O–H groups in total. The van der Waals surface area contributed by atoms with Crippen LogP contribution in [0.25, 0.3) is 0 Å². The second-order valence-electron chi connectivity index (χ2n) is 4.64. The van der Waals surface area contributed by atoms with Crippen molar-refractivity contribution in [3.05, 3.63) is 35.6 Å². The molecular formula is C13H14F4N2O. The van der Waals surface area contributed by atoms with E-state index in [1.54, 1.807) is 0 Å². The van der Waals surface area contributed by atoms with Crippen LogP contribution in [0.4, 0.5) is 17.6 Å². The summed E-state index contributed by atoms with van der Waals surface area (Å²) in [6.45, 7) is 0.0987. The number of nitrogens with one attached hydrogen (secondary N) is 1. The number of nitrogens with zero attached hydrogens (tertiary/aromatic N) is 1. The van der Waals surface area contributed by atoms with Gasteiger partial charge in [0, 0.05) is 13.0 Å². The van der Waals surface area contributed by atoms with Gasteiger partial charge in [-0.1, -0.05) is 12.1 Å². The average Bonchev–Trinajstić information content (AvgIpc) is 2.71. The highest BCUT2D eigenvalue weighted by Gasteiger charge is 2.33. The van der Waals surface area contributed by atoms with Gasteiger partial charge in [-0.2, -0.15) is 13.2 Å². The predicted molar refractivity (Wildman–Crippen MR) is 64.1 cm³/mol. The fourth-order valence-electron chi connectivity index (χ4n) is 2.19. The van der Waals surface area contributed by atoms with Gasteiger partial charge in [0.05, 0.1) is 6.54 Å². The summed E-state index contributed by atoms with van der Waals surface area (Å²) in [7, 11) is 0. The lowest BCUT2D eigenvalue weighted by Gasteiger charge is -2.24. The van der Waals surface area contributed by atoms with Crippen molar-refractivity contribution < 1.29 is 22.4 Å². The Bertz CT molecular complexity index is 472. The summed E-state index contributed by atoms with van der Waals surface area (Å²) in [5.41, 5.74) is 0.657. The zero-order chi connectivity index (χ0) is 14.8. The molecular weight excluding hydrogens is 276 g/mol. The highest BCUT2D eigenvalue weighted by molar-refractivity contribution is 5.80. The smallest absolute Gasteiger partial charge is 0.322 e. The van der Waals surface area contributed by atoms with Gasteiger partial charge in [0.2, 0.25) is 5.91 Å². The molecule has 0 spiro atoms. The predicted octanol–water partition coefficient (Wildman–Crippen LogP) is 2.60. The molecule has 1 saturated heterocycles. The number of carbonyl (C=O) groups excluding carboxylic acids is 1. The average molecular weight is 290 g/mol. The first-order valence-electron chi connectivity index (χ1n) is 6.22. The zero-order valence-electron chi connectivity index (χ0n) is 10.6. The van der Waals surface area contributed by atoms with Crippen LogP contribution in [0.1, 0.15) is 24.6 Å². The van der Waals surface area contributed by atoms with Gasteiger partial charge in [-0.15, -0.1) is 0 Å². The van der Waals surface area contributed by atoms with E-state index in [1.807, 2.05) is 0 Å². The fraction of sp³-hybridized carbons (Fsp3) is 0.462. The molecule has 7 heteroatoms. The summed E-state index contributed by atoms with van der Waals surface area (Å²) in [6.07, 6.45) is -5.78. The molecule has 1 atom stereocenters. The number of alkyl halides is 3. The Labute approximate surface area is 113 Å². The number of carbonyl (C=O) groups is 1. The number of hydrogen-bond acceptors (Lipinski definition) is 2. The summed E-state index contributed by atoms with van der Waals surface area (Å²) in [4.78, 5) is 13.0. The molecule has 110 valence electrons. The van der Waals surface area contributed by atoms with Crippen LogP contribution in [0.2, 0.25) is 0 Å². The van der Waals surface area contributed by atoms with Crippen LogP contribution in [0.5, 0.6) is 0 Å². The third-order valence-electron chi connectivity index (χ3n) is 3.12. The lowest BCUT2D eigenvalue weighted by molar-refractivity contribution is -0.139. The van der Waals surface area contributed by atoms with E-state index in [4.69, 9.17) is 0 Å². The number of amides is 1. The van der Waals surface area contributed by atoms with Gasteiger partial charge in [0.1, 0.15) is 12.0 Å². The summed E-state index contributed by atoms with van der Waals surface area (Å²) in [5, 5.41) is 2.91. The molecule has 0 saturated carbocycles. The van der Waals surface area contributed by atoms with E-state index >= 15 is 0 Å². The summed E-state index contributed by atoms with van der Waals surface area (Å²) >= 11 is 0. The van der Waals surface area contributed by atoms with Crippen LogP contribution < -0.4 is 5.32 Å². The van der Waals surface area contributed by atoms with E-state index in [0.717, 1.165) is 0 Å². The van der Waals surface area contributed by atoms with Gasteiger partial charge >= 0.3 is 6.18 Å². The van der Waals surface area contributed by atoms with Gasteiger partial charge in [-0.05, 0) is 24.1 Å². The summed E-state index contributed by atoms with van der Waals surface area (Å²) in [5.74, 6) is -0.650. The van der Waals surface area contributed by atoms with Crippen molar-refractivity contribution in [2.45, 2.75) is 25.2 Å². The Morgan fingerprint density at radius 2 is 1.90 bits per heavy atom. The number of halogens is 4. The molecule has 1 unspecified atom stereocenters. The molecule has 1 aliphatic heterocycles. The van der Waals surface area contributed by atoms with Crippen LogP contribution in [-0.4, -0.2) is 30.1 Å². The van der Waals surface area contributed by atoms with Crippen molar-refractivity contribution >= 4 is 5.91 Å². The molecule has 1 amide bonds. The largest absolute Gasteiger partial charge is 0.389 e. The molecule has 0 radical (unpaired) electrons. The van der Waals surface area contributed by atoms with Gasteiger partial charge in [0.15, 0.2) is 0 Å². The second-order valence-corrected chi connectivity index (χ2v) is 4.64. The van der Waals surface area contributed by atoms with E-state index in [1.165, 1.54) is 29.2 Å². The van der Waals surface area contributed by atoms with E-state index in [9.17, 15) is 22.4 Å². The van der Waals surface area contributed by atoms with Gasteiger partial charge < -0.3 is 4.90 Å². The minimum Gasteiger partial charge on any atom is -0.322 e. The van der Waals surface area contributed by atoms with Gasteiger partial charge in [-0.3, -0.25) is 10.1 Å². The third kappa shape index (κ3) is 3.69. The first-order valence-corrected chi connectivity index (χ1v) is 6.22. The fourth-order valence-corrected chi connectivity index (χ4v) is 2.19. The lowest BCUT2D eigenvalue weighted by Crippen LogP contribution is -2.31. The van der Waals surface area contributed by atoms with Crippen molar-refractivity contribution in [1.82, 2.24) is 10.2 Å². The molecule has 3 nitrogen and oxygen atoms in total. The molecule has 0 aromatic heterocycles. The molecule has 20 heavy (non-hydrogen) atoms. The normalized spacial score (nSPS) is 19.7. The number of benzene rings is 1. The van der Waals surface area contributed by atoms with Crippen LogP contribution in [0.3, 0.4) is 0 Å². The van der Waals surface area contributed by atoms with Gasteiger partial charge in [-0.25, -0.2) is 4.39 Å². The first kappa shape index (κ1) is 14.8. The minimum absolute atomic E-state index is 0.0212. The molecule has 1 heterocycles. The Balaban J connectivity index is 2.01. The monoisotopic (exact) mass is 290 g/mol. The molecule has 2 rings (SSSR count). The summed E-state index contributed by atoms with van der Waals surface area (Å²) in [6, 6.07) is 5.55. The molecule has 0 aliphatic carbocycles. The number of hydrogen-bond donors (Lipinski definition) is 1. The first-order chi connectivity index (χ1) is 9.37. The van der Waals surface area contributed by atoms with Crippen molar-refractivity contribution in [2.75, 3.05) is 13.1 Å². The van der Waals surface area contributed by atoms with Crippen LogP contribution >= 0.6 is 0 Å². The minimum atomic E-state index is -4.22. The maximum Gasteiger partial charge on any atom is 0.389 e. The topological polar surface area (TPSA) is 32.3 Å². The quantitative estimate of drug-likeness (QED) is 0.865. The standard InChI is InChI=1S/C13H14F4N2O/c14-10-4-2-9(3-5-10)12-18-8-11(20)19(12)7-1-6-13(15,16)17/h2-5,12,18H,1,6-8H2. The Morgan fingerprint density at radius 1 is 1.25 bits per heavy atom. The third-order valence-corrected chi connectivity index (χ3v) is 3.12.